The number of amides is 1. The molecule has 0 aromatic heterocycles. The summed E-state index contributed by atoms with van der Waals surface area (Å²) in [5, 5.41) is 9.80. The maximum absolute atomic E-state index is 13.5. The number of carbonyl (C=O) groups excluding carboxylic acids is 1. The number of ether oxygens (including phenoxy) is 3. The zero-order valence-corrected chi connectivity index (χ0v) is 30.1. The normalized spacial score (nSPS) is 36.3. The number of nitrogens with one attached hydrogen (secondary N) is 1. The van der Waals surface area contributed by atoms with Crippen molar-refractivity contribution in [1.82, 2.24) is 4.72 Å². The summed E-state index contributed by atoms with van der Waals surface area (Å²) in [5.74, 6) is 0.650. The van der Waals surface area contributed by atoms with Gasteiger partial charge < -0.3 is 30.0 Å². The fourth-order valence-electron chi connectivity index (χ4n) is 8.90. The first-order valence-electron chi connectivity index (χ1n) is 17.9. The Bertz CT molecular complexity index is 1660. The molecule has 0 unspecified atom stereocenters. The molecule has 49 heavy (non-hydrogen) atoms. The van der Waals surface area contributed by atoms with Gasteiger partial charge in [0.05, 0.1) is 42.9 Å². The number of aliphatic hydroxyl groups is 1. The number of hydrogen-bond donors (Lipinski definition) is 3. The first kappa shape index (κ1) is 35.0. The molecule has 2 bridgehead atoms. The average Bonchev–Trinajstić information content (AvgIpc) is 3.22. The Balaban J connectivity index is 1.27. The zero-order valence-electron chi connectivity index (χ0n) is 28.5. The molecule has 4 N–H and O–H groups in total. The highest BCUT2D eigenvalue weighted by Crippen LogP contribution is 2.49. The Morgan fingerprint density at radius 3 is 2.55 bits per heavy atom. The van der Waals surface area contributed by atoms with Crippen molar-refractivity contribution in [3.63, 3.8) is 0 Å². The van der Waals surface area contributed by atoms with Crippen LogP contribution in [0.4, 0.5) is 5.69 Å². The second-order valence-corrected chi connectivity index (χ2v) is 18.0. The van der Waals surface area contributed by atoms with E-state index < -0.39 is 33.0 Å². The Hall–Kier alpha value is -2.41. The molecule has 0 radical (unpaired) electrons. The van der Waals surface area contributed by atoms with Gasteiger partial charge >= 0.3 is 0 Å². The third kappa shape index (κ3) is 6.83. The fourth-order valence-corrected chi connectivity index (χ4v) is 10.4. The van der Waals surface area contributed by atoms with E-state index in [2.05, 4.69) is 21.8 Å². The number of sulfonamides is 1. The van der Waals surface area contributed by atoms with E-state index in [1.54, 1.807) is 19.1 Å². The van der Waals surface area contributed by atoms with Crippen LogP contribution >= 0.6 is 11.6 Å². The molecule has 2 aliphatic carbocycles. The van der Waals surface area contributed by atoms with Crippen molar-refractivity contribution in [2.75, 3.05) is 44.4 Å². The van der Waals surface area contributed by atoms with Gasteiger partial charge in [-0.15, -0.1) is 0 Å². The quantitative estimate of drug-likeness (QED) is 0.401. The van der Waals surface area contributed by atoms with Gasteiger partial charge in [0.15, 0.2) is 6.29 Å². The molecular weight excluding hydrogens is 666 g/mol. The van der Waals surface area contributed by atoms with E-state index in [-0.39, 0.29) is 42.6 Å². The Kier molecular flexibility index (Phi) is 9.73. The van der Waals surface area contributed by atoms with Crippen molar-refractivity contribution < 1.29 is 32.5 Å². The van der Waals surface area contributed by atoms with Gasteiger partial charge in [-0.05, 0) is 111 Å². The summed E-state index contributed by atoms with van der Waals surface area (Å²) in [4.78, 5) is 15.9. The lowest BCUT2D eigenvalue weighted by Gasteiger charge is -2.49. The largest absolute Gasteiger partial charge is 0.490 e. The van der Waals surface area contributed by atoms with Crippen LogP contribution in [0.3, 0.4) is 0 Å². The van der Waals surface area contributed by atoms with Crippen molar-refractivity contribution in [1.29, 1.82) is 0 Å². The number of anilines is 1. The molecule has 1 amide bonds. The van der Waals surface area contributed by atoms with Crippen LogP contribution < -0.4 is 20.1 Å². The predicted octanol–water partition coefficient (Wildman–Crippen LogP) is 4.79. The zero-order chi connectivity index (χ0) is 34.6. The number of halogens is 1. The summed E-state index contributed by atoms with van der Waals surface area (Å²) >= 11 is 6.45. The van der Waals surface area contributed by atoms with Crippen LogP contribution in [0.1, 0.15) is 80.3 Å². The van der Waals surface area contributed by atoms with Crippen molar-refractivity contribution >= 4 is 33.2 Å². The molecule has 1 saturated carbocycles. The lowest BCUT2D eigenvalue weighted by atomic mass is 9.64. The number of carbonyl (C=O) groups is 1. The molecule has 10 nitrogen and oxygen atoms in total. The highest BCUT2D eigenvalue weighted by Gasteiger charge is 2.47. The summed E-state index contributed by atoms with van der Waals surface area (Å²) in [6.45, 7) is 5.78. The van der Waals surface area contributed by atoms with Crippen molar-refractivity contribution in [3.05, 3.63) is 58.1 Å². The van der Waals surface area contributed by atoms with Gasteiger partial charge in [0, 0.05) is 35.0 Å². The molecule has 2 fully saturated rings. The van der Waals surface area contributed by atoms with Crippen molar-refractivity contribution in [2.24, 2.45) is 29.4 Å². The van der Waals surface area contributed by atoms with E-state index in [0.29, 0.717) is 37.2 Å². The third-order valence-corrected chi connectivity index (χ3v) is 14.4. The van der Waals surface area contributed by atoms with Crippen LogP contribution in [-0.4, -0.2) is 76.0 Å². The molecule has 12 heteroatoms. The number of aliphatic hydroxyl groups excluding tert-OH is 1. The van der Waals surface area contributed by atoms with Crippen LogP contribution in [-0.2, 0) is 31.3 Å². The summed E-state index contributed by atoms with van der Waals surface area (Å²) < 4.78 is 48.5. The van der Waals surface area contributed by atoms with Gasteiger partial charge in [-0.1, -0.05) is 31.0 Å². The van der Waals surface area contributed by atoms with Gasteiger partial charge in [-0.2, -0.15) is 0 Å². The second kappa shape index (κ2) is 13.6. The first-order chi connectivity index (χ1) is 23.4. The fraction of sp³-hybridized carbons (Fsp3) is 0.649. The van der Waals surface area contributed by atoms with Gasteiger partial charge in [0.1, 0.15) is 5.75 Å². The summed E-state index contributed by atoms with van der Waals surface area (Å²) in [7, 11) is -3.94. The number of nitrogens with two attached hydrogens (primary N) is 1. The van der Waals surface area contributed by atoms with Crippen LogP contribution in [0.25, 0.3) is 0 Å². The highest BCUT2D eigenvalue weighted by molar-refractivity contribution is 7.90. The van der Waals surface area contributed by atoms with E-state index in [0.717, 1.165) is 62.2 Å². The molecular formula is C37H50ClN3O7S. The Labute approximate surface area is 295 Å². The number of aryl methyl sites for hydroxylation is 1. The minimum Gasteiger partial charge on any atom is -0.490 e. The van der Waals surface area contributed by atoms with Gasteiger partial charge in [0.2, 0.25) is 10.0 Å². The number of fused-ring (bicyclic) bond motifs is 4. The van der Waals surface area contributed by atoms with Crippen LogP contribution in [0.5, 0.6) is 5.75 Å². The number of benzene rings is 2. The maximum atomic E-state index is 13.5. The molecule has 3 aliphatic heterocycles. The minimum atomic E-state index is -3.94. The van der Waals surface area contributed by atoms with Crippen molar-refractivity contribution in [2.45, 2.75) is 87.7 Å². The molecule has 268 valence electrons. The second-order valence-electron chi connectivity index (χ2n) is 15.6. The van der Waals surface area contributed by atoms with Crippen LogP contribution in [0.2, 0.25) is 5.02 Å². The summed E-state index contributed by atoms with van der Waals surface area (Å²) in [5.41, 5.74) is 8.70. The SMILES string of the molecule is C[C@@H]1[C@@H](C)CCC[C@H](C2OCC(N)(CO)CO2)[C@@H]2CC[C@H]2CN2C[C@@]3(CCCc4cc(Cl)ccc43)COc3ccc(cc32)C(=O)NS1(=O)=O. The first-order valence-corrected chi connectivity index (χ1v) is 19.8. The smallest absolute Gasteiger partial charge is 0.264 e. The third-order valence-electron chi connectivity index (χ3n) is 12.2. The van der Waals surface area contributed by atoms with E-state index in [1.165, 1.54) is 11.1 Å². The van der Waals surface area contributed by atoms with Crippen LogP contribution in [0, 0.1) is 23.7 Å². The predicted molar refractivity (Wildman–Crippen MR) is 188 cm³/mol. The molecule has 1 spiro atoms. The number of hydrogen-bond acceptors (Lipinski definition) is 9. The van der Waals surface area contributed by atoms with Gasteiger partial charge in [-0.25, -0.2) is 13.1 Å². The number of rotatable bonds is 2. The summed E-state index contributed by atoms with van der Waals surface area (Å²) in [6.07, 6.45) is 6.89. The van der Waals surface area contributed by atoms with Gasteiger partial charge in [-0.3, -0.25) is 4.79 Å². The standard InChI is InChI=1S/C37H50ClN3O7S/c1-23-5-3-7-30(35-47-21-37(39,19-42)22-48-35)29-11-8-27(29)17-41-18-36(14-4-6-25-15-28(38)10-12-31(25)36)20-46-33-13-9-26(16-32(33)41)34(43)40-49(44,45)24(23)2/h9-10,12-13,15-16,23-24,27,29-30,35,42H,3-8,11,14,17-22,39H2,1-2H3,(H,40,43)/t23-,24+,27-,29+,30-,35?,36-,37?/m0/s1. The lowest BCUT2D eigenvalue weighted by molar-refractivity contribution is -0.249. The Morgan fingerprint density at radius 2 is 1.82 bits per heavy atom. The van der Waals surface area contributed by atoms with E-state index >= 15 is 0 Å². The molecule has 5 aliphatic rings. The molecule has 6 atom stereocenters. The van der Waals surface area contributed by atoms with Crippen LogP contribution in [0.15, 0.2) is 36.4 Å². The topological polar surface area (TPSA) is 140 Å². The Morgan fingerprint density at radius 1 is 1.02 bits per heavy atom. The summed E-state index contributed by atoms with van der Waals surface area (Å²) in [6, 6.07) is 11.5. The van der Waals surface area contributed by atoms with Crippen molar-refractivity contribution in [3.8, 4) is 5.75 Å². The molecule has 3 heterocycles. The molecule has 7 rings (SSSR count). The number of nitrogens with zero attached hydrogens (tertiary/aromatic N) is 1. The highest BCUT2D eigenvalue weighted by atomic mass is 35.5. The molecule has 2 aromatic carbocycles. The van der Waals surface area contributed by atoms with E-state index in [4.69, 9.17) is 31.5 Å². The average molecular weight is 716 g/mol. The van der Waals surface area contributed by atoms with E-state index in [9.17, 15) is 18.3 Å². The maximum Gasteiger partial charge on any atom is 0.264 e. The monoisotopic (exact) mass is 715 g/mol. The van der Waals surface area contributed by atoms with Gasteiger partial charge in [0.25, 0.3) is 5.91 Å². The van der Waals surface area contributed by atoms with E-state index in [1.807, 2.05) is 19.1 Å². The minimum absolute atomic E-state index is 0.0919. The lowest BCUT2D eigenvalue weighted by Crippen LogP contribution is -2.59. The molecule has 1 saturated heterocycles. The molecule has 2 aromatic rings.